The van der Waals surface area contributed by atoms with Crippen LogP contribution in [0.1, 0.15) is 79.1 Å². The fraction of sp³-hybridized carbons (Fsp3) is 0.679. The van der Waals surface area contributed by atoms with E-state index in [1.165, 1.54) is 11.1 Å². The molecule has 4 atom stereocenters. The van der Waals surface area contributed by atoms with Gasteiger partial charge in [0.1, 0.15) is 6.54 Å². The molecule has 0 aromatic carbocycles. The number of allylic oxidation sites excluding steroid dienone is 4. The Kier molecular flexibility index (Phi) is 7.62. The fourth-order valence-corrected chi connectivity index (χ4v) is 7.00. The summed E-state index contributed by atoms with van der Waals surface area (Å²) in [4.78, 5) is 65.5. The molecule has 9 heteroatoms. The van der Waals surface area contributed by atoms with E-state index in [9.17, 15) is 24.0 Å². The average molecular weight is 514 g/mol. The molecule has 0 aromatic heterocycles. The van der Waals surface area contributed by atoms with Gasteiger partial charge in [0.05, 0.1) is 12.0 Å². The second kappa shape index (κ2) is 10.4. The van der Waals surface area contributed by atoms with Crippen LogP contribution in [0.15, 0.2) is 23.3 Å². The summed E-state index contributed by atoms with van der Waals surface area (Å²) in [6, 6.07) is 0. The molecule has 4 rings (SSSR count). The Bertz CT molecular complexity index is 1050. The van der Waals surface area contributed by atoms with Crippen LogP contribution in [0.2, 0.25) is 0 Å². The number of nitrogens with one attached hydrogen (secondary N) is 2. The highest BCUT2D eigenvalue weighted by Crippen LogP contribution is 2.62. The van der Waals surface area contributed by atoms with Gasteiger partial charge in [-0.3, -0.25) is 19.2 Å². The van der Waals surface area contributed by atoms with E-state index in [0.717, 1.165) is 38.5 Å². The number of amides is 4. The number of fused-ring (bicyclic) bond motifs is 3. The van der Waals surface area contributed by atoms with Crippen molar-refractivity contribution in [1.82, 2.24) is 15.7 Å². The van der Waals surface area contributed by atoms with Gasteiger partial charge in [-0.2, -0.15) is 0 Å². The summed E-state index contributed by atoms with van der Waals surface area (Å²) in [6.45, 7) is 8.10. The Labute approximate surface area is 218 Å². The summed E-state index contributed by atoms with van der Waals surface area (Å²) < 4.78 is 0. The number of carbonyl (C=O) groups excluding carboxylic acids is 5. The second-order valence-corrected chi connectivity index (χ2v) is 11.7. The van der Waals surface area contributed by atoms with Gasteiger partial charge >= 0.3 is 5.97 Å². The normalized spacial score (nSPS) is 31.2. The maximum absolute atomic E-state index is 13.5. The summed E-state index contributed by atoms with van der Waals surface area (Å²) in [5.74, 6) is -1.59. The molecule has 4 aliphatic rings. The molecule has 1 saturated heterocycles. The molecule has 3 aliphatic carbocycles. The van der Waals surface area contributed by atoms with Gasteiger partial charge < -0.3 is 15.5 Å². The van der Waals surface area contributed by atoms with Crippen LogP contribution in [-0.2, 0) is 28.8 Å². The van der Waals surface area contributed by atoms with E-state index >= 15 is 0 Å². The molecule has 0 radical (unpaired) electrons. The summed E-state index contributed by atoms with van der Waals surface area (Å²) in [5.41, 5.74) is 2.38. The minimum absolute atomic E-state index is 0.00313. The molecule has 202 valence electrons. The van der Waals surface area contributed by atoms with Gasteiger partial charge in [0.2, 0.25) is 11.8 Å². The van der Waals surface area contributed by atoms with E-state index in [1.807, 2.05) is 6.92 Å². The predicted octanol–water partition coefficient (Wildman–Crippen LogP) is 2.96. The molecule has 1 heterocycles. The molecule has 1 aliphatic heterocycles. The average Bonchev–Trinajstić information content (AvgIpc) is 3.17. The van der Waals surface area contributed by atoms with E-state index in [-0.39, 0.29) is 36.6 Å². The number of hydrogen-bond donors (Lipinski definition) is 2. The van der Waals surface area contributed by atoms with Crippen molar-refractivity contribution in [3.63, 3.8) is 0 Å². The van der Waals surface area contributed by atoms with Gasteiger partial charge in [-0.1, -0.05) is 51.8 Å². The van der Waals surface area contributed by atoms with E-state index in [1.54, 1.807) is 0 Å². The van der Waals surface area contributed by atoms with Crippen molar-refractivity contribution >= 4 is 29.6 Å². The highest BCUT2D eigenvalue weighted by atomic mass is 16.7. The first-order chi connectivity index (χ1) is 17.5. The molecule has 9 nitrogen and oxygen atoms in total. The first kappa shape index (κ1) is 27.1. The lowest BCUT2D eigenvalue weighted by atomic mass is 9.46. The van der Waals surface area contributed by atoms with Crippen LogP contribution in [0.3, 0.4) is 0 Å². The monoisotopic (exact) mass is 513 g/mol. The summed E-state index contributed by atoms with van der Waals surface area (Å²) in [5, 5.41) is 5.61. The molecule has 1 saturated carbocycles. The van der Waals surface area contributed by atoms with Gasteiger partial charge in [-0.15, -0.1) is 5.06 Å². The topological polar surface area (TPSA) is 122 Å². The molecule has 2 unspecified atom stereocenters. The van der Waals surface area contributed by atoms with E-state index in [0.29, 0.717) is 16.9 Å². The molecule has 2 fully saturated rings. The maximum Gasteiger partial charge on any atom is 0.352 e. The van der Waals surface area contributed by atoms with E-state index in [4.69, 9.17) is 4.84 Å². The standard InChI is InChI=1S/C28H39N3O6/c1-17(2)18-6-8-20-19(14-18)7-9-21-27(20,3)12-5-13-28(21,4)26(36)30-15-22(32)29-16-25(35)37-31-23(33)10-11-24(31)34/h7,14,17,20-21H,5-6,8-13,15-16H2,1-4H3,(H,29,32)(H,30,36)/t20?,21?,27-,28-/m1/s1. The fourth-order valence-electron chi connectivity index (χ4n) is 7.00. The zero-order valence-corrected chi connectivity index (χ0v) is 22.4. The smallest absolute Gasteiger partial charge is 0.347 e. The van der Waals surface area contributed by atoms with Gasteiger partial charge in [0.25, 0.3) is 11.8 Å². The third kappa shape index (κ3) is 5.22. The largest absolute Gasteiger partial charge is 0.352 e. The van der Waals surface area contributed by atoms with E-state index in [2.05, 4.69) is 43.6 Å². The third-order valence-electron chi connectivity index (χ3n) is 9.14. The van der Waals surface area contributed by atoms with Crippen molar-refractivity contribution < 1.29 is 28.8 Å². The first-order valence-corrected chi connectivity index (χ1v) is 13.5. The minimum atomic E-state index is -0.926. The molecular weight excluding hydrogens is 474 g/mol. The molecule has 0 bridgehead atoms. The Morgan fingerprint density at radius 1 is 1.05 bits per heavy atom. The van der Waals surface area contributed by atoms with Crippen LogP contribution in [0.5, 0.6) is 0 Å². The van der Waals surface area contributed by atoms with Crippen LogP contribution in [0.25, 0.3) is 0 Å². The molecular formula is C28H39N3O6. The lowest BCUT2D eigenvalue weighted by molar-refractivity contribution is -0.196. The SMILES string of the molecule is CC(C)C1=CC2=CCC3[C@](C)(CCC[C@@]3(C)C(=O)NCC(=O)NCC(=O)ON3C(=O)CCC3=O)C2CC1. The second-order valence-electron chi connectivity index (χ2n) is 11.7. The van der Waals surface area contributed by atoms with Crippen LogP contribution < -0.4 is 10.6 Å². The molecule has 2 N–H and O–H groups in total. The van der Waals surface area contributed by atoms with Crippen molar-refractivity contribution in [2.24, 2.45) is 28.6 Å². The number of rotatable bonds is 7. The Morgan fingerprint density at radius 3 is 2.43 bits per heavy atom. The zero-order valence-electron chi connectivity index (χ0n) is 22.4. The van der Waals surface area contributed by atoms with Crippen molar-refractivity contribution in [3.05, 3.63) is 23.3 Å². The van der Waals surface area contributed by atoms with Gasteiger partial charge in [0.15, 0.2) is 0 Å². The maximum atomic E-state index is 13.5. The third-order valence-corrected chi connectivity index (χ3v) is 9.14. The highest BCUT2D eigenvalue weighted by Gasteiger charge is 2.56. The molecule has 37 heavy (non-hydrogen) atoms. The van der Waals surface area contributed by atoms with Crippen molar-refractivity contribution in [2.45, 2.75) is 79.1 Å². The van der Waals surface area contributed by atoms with Gasteiger partial charge in [-0.05, 0) is 60.8 Å². The number of imide groups is 1. The van der Waals surface area contributed by atoms with Crippen molar-refractivity contribution in [1.29, 1.82) is 0 Å². The van der Waals surface area contributed by atoms with Crippen molar-refractivity contribution in [3.8, 4) is 0 Å². The van der Waals surface area contributed by atoms with E-state index < -0.39 is 35.7 Å². The highest BCUT2D eigenvalue weighted by molar-refractivity contribution is 6.01. The van der Waals surface area contributed by atoms with Crippen LogP contribution in [-0.4, -0.2) is 47.8 Å². The summed E-state index contributed by atoms with van der Waals surface area (Å²) in [6.07, 6.45) is 10.6. The summed E-state index contributed by atoms with van der Waals surface area (Å²) in [7, 11) is 0. The molecule has 0 spiro atoms. The van der Waals surface area contributed by atoms with Crippen molar-refractivity contribution in [2.75, 3.05) is 13.1 Å². The predicted molar refractivity (Wildman–Crippen MR) is 135 cm³/mol. The number of carbonyl (C=O) groups is 5. The molecule has 4 amide bonds. The number of nitrogens with zero attached hydrogens (tertiary/aromatic N) is 1. The minimum Gasteiger partial charge on any atom is -0.347 e. The zero-order chi connectivity index (χ0) is 27.0. The quantitative estimate of drug-likeness (QED) is 0.505. The Balaban J connectivity index is 1.34. The number of hydroxylamine groups is 2. The van der Waals surface area contributed by atoms with Crippen LogP contribution in [0, 0.1) is 28.6 Å². The lowest BCUT2D eigenvalue weighted by Gasteiger charge is -2.57. The van der Waals surface area contributed by atoms with Crippen LogP contribution >= 0.6 is 0 Å². The van der Waals surface area contributed by atoms with Gasteiger partial charge in [0, 0.05) is 12.8 Å². The lowest BCUT2D eigenvalue weighted by Crippen LogP contribution is -2.56. The van der Waals surface area contributed by atoms with Crippen LogP contribution in [0.4, 0.5) is 0 Å². The number of hydrogen-bond acceptors (Lipinski definition) is 6. The molecule has 0 aromatic rings. The van der Waals surface area contributed by atoms with Gasteiger partial charge in [-0.25, -0.2) is 4.79 Å². The first-order valence-electron chi connectivity index (χ1n) is 13.5. The Morgan fingerprint density at radius 2 is 1.76 bits per heavy atom. The Hall–Kier alpha value is -2.97. The summed E-state index contributed by atoms with van der Waals surface area (Å²) >= 11 is 0.